The number of aromatic amines is 1. The van der Waals surface area contributed by atoms with E-state index >= 15 is 0 Å². The van der Waals surface area contributed by atoms with E-state index in [0.29, 0.717) is 0 Å². The normalized spacial score (nSPS) is 13.3. The lowest BCUT2D eigenvalue weighted by molar-refractivity contribution is 0.228. The third-order valence-electron chi connectivity index (χ3n) is 2.65. The Hall–Kier alpha value is -2.04. The Bertz CT molecular complexity index is 549. The first-order valence-electron chi connectivity index (χ1n) is 6.38. The minimum Gasteiger partial charge on any atom is -0.340 e. The summed E-state index contributed by atoms with van der Waals surface area (Å²) >= 11 is 0. The summed E-state index contributed by atoms with van der Waals surface area (Å²) in [5.41, 5.74) is 1.63. The van der Waals surface area contributed by atoms with Crippen molar-refractivity contribution in [2.45, 2.75) is 39.3 Å². The highest BCUT2D eigenvalue weighted by molar-refractivity contribution is 5.76. The Morgan fingerprint density at radius 2 is 2.00 bits per heavy atom. The van der Waals surface area contributed by atoms with Gasteiger partial charge in [0.05, 0.1) is 17.1 Å². The van der Waals surface area contributed by atoms with Crippen molar-refractivity contribution in [1.29, 1.82) is 0 Å². The summed E-state index contributed by atoms with van der Waals surface area (Å²) in [6, 6.07) is 7.44. The van der Waals surface area contributed by atoms with E-state index in [1.807, 2.05) is 52.0 Å². The lowest BCUT2D eigenvalue weighted by Gasteiger charge is -2.22. The number of para-hydroxylation sites is 2. The van der Waals surface area contributed by atoms with Crippen LogP contribution in [0.25, 0.3) is 11.0 Å². The van der Waals surface area contributed by atoms with Crippen molar-refractivity contribution >= 4 is 17.1 Å². The predicted molar refractivity (Wildman–Crippen MR) is 75.9 cm³/mol. The van der Waals surface area contributed by atoms with Crippen molar-refractivity contribution in [1.82, 2.24) is 20.6 Å². The summed E-state index contributed by atoms with van der Waals surface area (Å²) in [5, 5.41) is 5.73. The number of nitrogens with one attached hydrogen (secondary N) is 3. The maximum atomic E-state index is 11.8. The van der Waals surface area contributed by atoms with E-state index in [2.05, 4.69) is 20.6 Å². The van der Waals surface area contributed by atoms with Gasteiger partial charge >= 0.3 is 6.03 Å². The van der Waals surface area contributed by atoms with Crippen LogP contribution in [0.4, 0.5) is 4.79 Å². The molecular formula is C14H20N4O. The molecule has 0 aliphatic rings. The molecule has 1 heterocycles. The number of H-pyrrole nitrogens is 1. The Morgan fingerprint density at radius 1 is 1.32 bits per heavy atom. The molecule has 2 amide bonds. The Morgan fingerprint density at radius 3 is 2.63 bits per heavy atom. The second-order valence-electron chi connectivity index (χ2n) is 5.71. The number of aromatic nitrogens is 2. The zero-order chi connectivity index (χ0) is 14.0. The van der Waals surface area contributed by atoms with Crippen LogP contribution in [0.5, 0.6) is 0 Å². The van der Waals surface area contributed by atoms with Crippen molar-refractivity contribution in [3.8, 4) is 0 Å². The van der Waals surface area contributed by atoms with Gasteiger partial charge in [0.1, 0.15) is 5.82 Å². The van der Waals surface area contributed by atoms with Gasteiger partial charge in [-0.2, -0.15) is 0 Å². The Kier molecular flexibility index (Phi) is 3.46. The molecule has 2 aromatic rings. The summed E-state index contributed by atoms with van der Waals surface area (Å²) in [6.07, 6.45) is 0. The molecule has 0 saturated carbocycles. The molecule has 0 radical (unpaired) electrons. The van der Waals surface area contributed by atoms with Gasteiger partial charge in [0.25, 0.3) is 0 Å². The number of imidazole rings is 1. The molecule has 0 aliphatic carbocycles. The molecule has 2 rings (SSSR count). The van der Waals surface area contributed by atoms with Crippen LogP contribution in [0.1, 0.15) is 39.6 Å². The van der Waals surface area contributed by atoms with E-state index < -0.39 is 0 Å². The predicted octanol–water partition coefficient (Wildman–Crippen LogP) is 2.72. The second kappa shape index (κ2) is 4.91. The molecule has 0 spiro atoms. The Balaban J connectivity index is 2.07. The van der Waals surface area contributed by atoms with Crippen LogP contribution < -0.4 is 10.6 Å². The summed E-state index contributed by atoms with van der Waals surface area (Å²) in [7, 11) is 0. The molecule has 0 aliphatic heterocycles. The molecule has 102 valence electrons. The van der Waals surface area contributed by atoms with E-state index in [4.69, 9.17) is 0 Å². The topological polar surface area (TPSA) is 69.8 Å². The fourth-order valence-corrected chi connectivity index (χ4v) is 1.82. The average Bonchev–Trinajstić information content (AvgIpc) is 2.69. The lowest BCUT2D eigenvalue weighted by Crippen LogP contribution is -2.47. The molecule has 5 heteroatoms. The quantitative estimate of drug-likeness (QED) is 0.777. The van der Waals surface area contributed by atoms with Crippen LogP contribution in [0.15, 0.2) is 24.3 Å². The lowest BCUT2D eigenvalue weighted by atomic mass is 10.1. The average molecular weight is 260 g/mol. The molecule has 0 fully saturated rings. The largest absolute Gasteiger partial charge is 0.340 e. The van der Waals surface area contributed by atoms with Crippen LogP contribution in [0.2, 0.25) is 0 Å². The summed E-state index contributed by atoms with van der Waals surface area (Å²) < 4.78 is 0. The number of hydrogen-bond donors (Lipinski definition) is 3. The second-order valence-corrected chi connectivity index (χ2v) is 5.71. The number of rotatable bonds is 2. The minimum absolute atomic E-state index is 0.172. The molecule has 19 heavy (non-hydrogen) atoms. The van der Waals surface area contributed by atoms with E-state index in [1.165, 1.54) is 0 Å². The van der Waals surface area contributed by atoms with E-state index in [0.717, 1.165) is 16.9 Å². The van der Waals surface area contributed by atoms with Crippen LogP contribution in [0.3, 0.4) is 0 Å². The van der Waals surface area contributed by atoms with Crippen LogP contribution in [-0.2, 0) is 0 Å². The number of carbonyl (C=O) groups is 1. The molecule has 5 nitrogen and oxygen atoms in total. The van der Waals surface area contributed by atoms with Gasteiger partial charge in [0.15, 0.2) is 0 Å². The van der Waals surface area contributed by atoms with Gasteiger partial charge in [-0.25, -0.2) is 9.78 Å². The number of benzene rings is 1. The van der Waals surface area contributed by atoms with Crippen molar-refractivity contribution < 1.29 is 4.79 Å². The van der Waals surface area contributed by atoms with Gasteiger partial charge in [-0.15, -0.1) is 0 Å². The summed E-state index contributed by atoms with van der Waals surface area (Å²) in [4.78, 5) is 19.5. The SMILES string of the molecule is CC(NC(=O)NC(C)(C)C)c1nc2ccccc2[nH]1. The fraction of sp³-hybridized carbons (Fsp3) is 0.429. The molecule has 1 atom stereocenters. The summed E-state index contributed by atoms with van der Waals surface area (Å²) in [6.45, 7) is 7.73. The van der Waals surface area contributed by atoms with E-state index in [9.17, 15) is 4.79 Å². The number of fused-ring (bicyclic) bond motifs is 1. The van der Waals surface area contributed by atoms with Crippen molar-refractivity contribution in [3.05, 3.63) is 30.1 Å². The third-order valence-corrected chi connectivity index (χ3v) is 2.65. The first kappa shape index (κ1) is 13.4. The highest BCUT2D eigenvalue weighted by Crippen LogP contribution is 2.15. The van der Waals surface area contributed by atoms with E-state index in [1.54, 1.807) is 0 Å². The highest BCUT2D eigenvalue weighted by atomic mass is 16.2. The van der Waals surface area contributed by atoms with Gasteiger partial charge in [0.2, 0.25) is 0 Å². The maximum Gasteiger partial charge on any atom is 0.315 e. The zero-order valence-electron chi connectivity index (χ0n) is 11.7. The molecule has 1 aromatic carbocycles. The molecule has 3 N–H and O–H groups in total. The number of urea groups is 1. The molecule has 0 bridgehead atoms. The van der Waals surface area contributed by atoms with Gasteiger partial charge < -0.3 is 15.6 Å². The maximum absolute atomic E-state index is 11.8. The van der Waals surface area contributed by atoms with Crippen molar-refractivity contribution in [3.63, 3.8) is 0 Å². The van der Waals surface area contributed by atoms with Crippen molar-refractivity contribution in [2.75, 3.05) is 0 Å². The molecule has 1 aromatic heterocycles. The smallest absolute Gasteiger partial charge is 0.315 e. The Labute approximate surface area is 112 Å². The molecule has 1 unspecified atom stereocenters. The van der Waals surface area contributed by atoms with Crippen molar-refractivity contribution in [2.24, 2.45) is 0 Å². The van der Waals surface area contributed by atoms with Gasteiger partial charge in [0, 0.05) is 5.54 Å². The first-order chi connectivity index (χ1) is 8.85. The highest BCUT2D eigenvalue weighted by Gasteiger charge is 2.17. The monoisotopic (exact) mass is 260 g/mol. The number of amides is 2. The summed E-state index contributed by atoms with van der Waals surface area (Å²) in [5.74, 6) is 0.755. The molecular weight excluding hydrogens is 240 g/mol. The van der Waals surface area contributed by atoms with Crippen LogP contribution in [-0.4, -0.2) is 21.5 Å². The van der Waals surface area contributed by atoms with Gasteiger partial charge in [-0.05, 0) is 39.8 Å². The van der Waals surface area contributed by atoms with Gasteiger partial charge in [-0.1, -0.05) is 12.1 Å². The standard InChI is InChI=1S/C14H20N4O/c1-9(15-13(19)18-14(2,3)4)12-16-10-7-5-6-8-11(10)17-12/h5-9H,1-4H3,(H,16,17)(H2,15,18,19). The minimum atomic E-state index is -0.252. The van der Waals surface area contributed by atoms with Gasteiger partial charge in [-0.3, -0.25) is 0 Å². The first-order valence-corrected chi connectivity index (χ1v) is 6.38. The fourth-order valence-electron chi connectivity index (χ4n) is 1.82. The zero-order valence-corrected chi connectivity index (χ0v) is 11.7. The number of nitrogens with zero attached hydrogens (tertiary/aromatic N) is 1. The molecule has 0 saturated heterocycles. The van der Waals surface area contributed by atoms with E-state index in [-0.39, 0.29) is 17.6 Å². The van der Waals surface area contributed by atoms with Crippen LogP contribution >= 0.6 is 0 Å². The number of carbonyl (C=O) groups excluding carboxylic acids is 1. The number of hydrogen-bond acceptors (Lipinski definition) is 2. The van der Waals surface area contributed by atoms with Crippen LogP contribution in [0, 0.1) is 0 Å². The third kappa shape index (κ3) is 3.47.